The van der Waals surface area contributed by atoms with Gasteiger partial charge in [0.1, 0.15) is 10.4 Å². The second kappa shape index (κ2) is 10.0. The molecule has 0 atom stereocenters. The normalized spacial score (nSPS) is 15.6. The van der Waals surface area contributed by atoms with Gasteiger partial charge in [0.2, 0.25) is 0 Å². The van der Waals surface area contributed by atoms with Gasteiger partial charge in [-0.25, -0.2) is 8.42 Å². The Labute approximate surface area is 201 Å². The van der Waals surface area contributed by atoms with Crippen LogP contribution in [0.2, 0.25) is 0 Å². The monoisotopic (exact) mass is 502 g/mol. The van der Waals surface area contributed by atoms with E-state index in [1.807, 2.05) is 0 Å². The first-order chi connectivity index (χ1) is 16.7. The molecule has 1 fully saturated rings. The molecule has 35 heavy (non-hydrogen) atoms. The lowest BCUT2D eigenvalue weighted by Crippen LogP contribution is -2.46. The summed E-state index contributed by atoms with van der Waals surface area (Å²) in [6, 6.07) is 10.8. The summed E-state index contributed by atoms with van der Waals surface area (Å²) in [7, 11) is -3.95. The molecule has 184 valence electrons. The number of anilines is 1. The van der Waals surface area contributed by atoms with Crippen molar-refractivity contribution < 1.29 is 27.1 Å². The zero-order chi connectivity index (χ0) is 25.1. The summed E-state index contributed by atoms with van der Waals surface area (Å²) in [5, 5.41) is 10.6. The van der Waals surface area contributed by atoms with Gasteiger partial charge in [-0.2, -0.15) is 8.78 Å². The van der Waals surface area contributed by atoms with Gasteiger partial charge in [0.05, 0.1) is 11.1 Å². The third-order valence-corrected chi connectivity index (χ3v) is 7.44. The molecule has 1 amide bonds. The molecule has 0 aliphatic carbocycles. The van der Waals surface area contributed by atoms with E-state index in [4.69, 9.17) is 0 Å². The Bertz CT molecular complexity index is 1350. The van der Waals surface area contributed by atoms with E-state index in [2.05, 4.69) is 14.7 Å². The number of carbonyl (C=O) groups is 1. The van der Waals surface area contributed by atoms with Crippen molar-refractivity contribution in [2.75, 3.05) is 17.8 Å². The van der Waals surface area contributed by atoms with Crippen molar-refractivity contribution in [3.63, 3.8) is 0 Å². The van der Waals surface area contributed by atoms with E-state index in [-0.39, 0.29) is 34.8 Å². The maximum absolute atomic E-state index is 12.9. The van der Waals surface area contributed by atoms with Gasteiger partial charge >= 0.3 is 0 Å². The zero-order valence-electron chi connectivity index (χ0n) is 18.7. The number of piperidine rings is 1. The summed E-state index contributed by atoms with van der Waals surface area (Å²) in [4.78, 5) is 22.7. The van der Waals surface area contributed by atoms with Crippen molar-refractivity contribution in [1.82, 2.24) is 14.9 Å². The van der Waals surface area contributed by atoms with Gasteiger partial charge in [0.15, 0.2) is 0 Å². The summed E-state index contributed by atoms with van der Waals surface area (Å²) in [6.45, 7) is 0.599. The van der Waals surface area contributed by atoms with Crippen molar-refractivity contribution >= 4 is 32.7 Å². The van der Waals surface area contributed by atoms with Gasteiger partial charge in [-0.15, -0.1) is 0 Å². The lowest BCUT2D eigenvalue weighted by Gasteiger charge is -2.38. The fourth-order valence-corrected chi connectivity index (χ4v) is 5.31. The topological polar surface area (TPSA) is 112 Å². The van der Waals surface area contributed by atoms with Gasteiger partial charge in [0.25, 0.3) is 22.0 Å². The molecule has 1 aromatic heterocycles. The number of aliphatic hydroxyl groups is 1. The number of halogens is 2. The number of allylic oxidation sites excluding steroid dienone is 1. The first-order valence-corrected chi connectivity index (χ1v) is 12.5. The maximum atomic E-state index is 12.9. The summed E-state index contributed by atoms with van der Waals surface area (Å²) in [6.07, 6.45) is 2.81. The zero-order valence-corrected chi connectivity index (χ0v) is 19.5. The van der Waals surface area contributed by atoms with Crippen molar-refractivity contribution in [3.8, 4) is 0 Å². The van der Waals surface area contributed by atoms with Gasteiger partial charge in [-0.1, -0.05) is 6.07 Å². The SMILES string of the molecule is O=C(c1ccc(NS(=O)(=O)c2cccc3nccnc23)cc1)N1CCC(O)(CCC=C(F)F)CC1. The summed E-state index contributed by atoms with van der Waals surface area (Å²) in [5.41, 5.74) is 0.290. The summed E-state index contributed by atoms with van der Waals surface area (Å²) in [5.74, 6) is -0.250. The van der Waals surface area contributed by atoms with Crippen LogP contribution in [0.15, 0.2) is 71.9 Å². The predicted molar refractivity (Wildman–Crippen MR) is 126 cm³/mol. The Kier molecular flexibility index (Phi) is 7.08. The molecule has 3 aromatic rings. The summed E-state index contributed by atoms with van der Waals surface area (Å²) >= 11 is 0. The molecule has 1 saturated heterocycles. The number of benzene rings is 2. The third kappa shape index (κ3) is 5.80. The second-order valence-corrected chi connectivity index (χ2v) is 10.1. The maximum Gasteiger partial charge on any atom is 0.266 e. The van der Waals surface area contributed by atoms with Crippen LogP contribution in [0.3, 0.4) is 0 Å². The van der Waals surface area contributed by atoms with E-state index in [1.165, 1.54) is 42.7 Å². The molecule has 2 aromatic carbocycles. The van der Waals surface area contributed by atoms with Crippen LogP contribution in [-0.4, -0.2) is 53.0 Å². The number of fused-ring (bicyclic) bond motifs is 1. The molecule has 0 unspecified atom stereocenters. The number of aromatic nitrogens is 2. The first kappa shape index (κ1) is 24.7. The molecule has 0 spiro atoms. The van der Waals surface area contributed by atoms with Crippen molar-refractivity contribution in [3.05, 3.63) is 72.6 Å². The Morgan fingerprint density at radius 1 is 1.09 bits per heavy atom. The van der Waals surface area contributed by atoms with Crippen LogP contribution in [0.25, 0.3) is 11.0 Å². The minimum atomic E-state index is -3.95. The van der Waals surface area contributed by atoms with Crippen LogP contribution in [-0.2, 0) is 10.0 Å². The van der Waals surface area contributed by atoms with Crippen LogP contribution in [0.5, 0.6) is 0 Å². The first-order valence-electron chi connectivity index (χ1n) is 11.0. The highest BCUT2D eigenvalue weighted by Gasteiger charge is 2.33. The molecule has 11 heteroatoms. The highest BCUT2D eigenvalue weighted by Crippen LogP contribution is 2.29. The van der Waals surface area contributed by atoms with E-state index in [0.29, 0.717) is 37.0 Å². The van der Waals surface area contributed by atoms with E-state index in [1.54, 1.807) is 17.0 Å². The minimum absolute atomic E-state index is 0.00574. The van der Waals surface area contributed by atoms with Crippen LogP contribution in [0, 0.1) is 0 Å². The fraction of sp³-hybridized carbons (Fsp3) is 0.292. The van der Waals surface area contributed by atoms with E-state index in [9.17, 15) is 27.1 Å². The van der Waals surface area contributed by atoms with Crippen molar-refractivity contribution in [2.45, 2.75) is 36.2 Å². The molecule has 2 heterocycles. The Morgan fingerprint density at radius 3 is 2.46 bits per heavy atom. The molecular weight excluding hydrogens is 478 g/mol. The second-order valence-electron chi connectivity index (χ2n) is 8.41. The van der Waals surface area contributed by atoms with Crippen LogP contribution in [0.1, 0.15) is 36.0 Å². The van der Waals surface area contributed by atoms with E-state index >= 15 is 0 Å². The number of para-hydroxylation sites is 1. The Morgan fingerprint density at radius 2 is 1.77 bits per heavy atom. The van der Waals surface area contributed by atoms with Crippen molar-refractivity contribution in [2.24, 2.45) is 0 Å². The third-order valence-electron chi connectivity index (χ3n) is 6.02. The quantitative estimate of drug-likeness (QED) is 0.506. The number of carbonyl (C=O) groups excluding carboxylic acids is 1. The smallest absolute Gasteiger partial charge is 0.266 e. The number of nitrogens with zero attached hydrogens (tertiary/aromatic N) is 3. The van der Waals surface area contributed by atoms with Gasteiger partial charge < -0.3 is 10.0 Å². The van der Waals surface area contributed by atoms with Gasteiger partial charge in [0, 0.05) is 36.7 Å². The van der Waals surface area contributed by atoms with E-state index in [0.717, 1.165) is 6.08 Å². The molecule has 8 nitrogen and oxygen atoms in total. The van der Waals surface area contributed by atoms with Gasteiger partial charge in [-0.05, 0) is 68.2 Å². The number of amides is 1. The average molecular weight is 503 g/mol. The van der Waals surface area contributed by atoms with Gasteiger partial charge in [-0.3, -0.25) is 19.5 Å². The van der Waals surface area contributed by atoms with E-state index < -0.39 is 21.7 Å². The number of likely N-dealkylation sites (tertiary alicyclic amines) is 1. The van der Waals surface area contributed by atoms with Crippen LogP contribution < -0.4 is 4.72 Å². The number of hydrogen-bond donors (Lipinski definition) is 2. The standard InChI is InChI=1S/C24H24F2N4O4S/c25-21(26)5-2-10-24(32)11-15-30(16-12-24)23(31)17-6-8-18(9-7-17)29-35(33,34)20-4-1-3-19-22(20)28-14-13-27-19/h1,3-9,13-14,29,32H,2,10-12,15-16H2. The largest absolute Gasteiger partial charge is 0.390 e. The lowest BCUT2D eigenvalue weighted by atomic mass is 9.87. The highest BCUT2D eigenvalue weighted by atomic mass is 32.2. The average Bonchev–Trinajstić information content (AvgIpc) is 2.83. The molecule has 0 bridgehead atoms. The molecule has 0 radical (unpaired) electrons. The Balaban J connectivity index is 1.40. The number of hydrogen-bond acceptors (Lipinski definition) is 6. The van der Waals surface area contributed by atoms with Crippen molar-refractivity contribution in [1.29, 1.82) is 0 Å². The number of nitrogens with one attached hydrogen (secondary N) is 1. The summed E-state index contributed by atoms with van der Waals surface area (Å²) < 4.78 is 52.8. The molecule has 2 N–H and O–H groups in total. The van der Waals surface area contributed by atoms with Crippen LogP contribution in [0.4, 0.5) is 14.5 Å². The molecule has 4 rings (SSSR count). The van der Waals surface area contributed by atoms with Crippen LogP contribution >= 0.6 is 0 Å². The lowest BCUT2D eigenvalue weighted by molar-refractivity contribution is -0.0222. The Hall–Kier alpha value is -3.44. The minimum Gasteiger partial charge on any atom is -0.390 e. The molecule has 1 aliphatic heterocycles. The highest BCUT2D eigenvalue weighted by molar-refractivity contribution is 7.93. The molecular formula is C24H24F2N4O4S. The fourth-order valence-electron chi connectivity index (χ4n) is 4.08. The number of rotatable bonds is 7. The predicted octanol–water partition coefficient (Wildman–Crippen LogP) is 3.96. The molecule has 0 saturated carbocycles. The molecule has 1 aliphatic rings. The number of sulfonamides is 1.